The van der Waals surface area contributed by atoms with Crippen LogP contribution in [0.4, 0.5) is 0 Å². The van der Waals surface area contributed by atoms with Crippen LogP contribution in [0.1, 0.15) is 32.3 Å². The van der Waals surface area contributed by atoms with Crippen LogP contribution in [0, 0.1) is 11.3 Å². The maximum Gasteiger partial charge on any atom is 0.134 e. The topological polar surface area (TPSA) is 54.3 Å². The average molecular weight is 288 g/mol. The Labute approximate surface area is 127 Å². The molecule has 21 heavy (non-hydrogen) atoms. The molecular formula is C17H24N2O2. The highest BCUT2D eigenvalue weighted by Crippen LogP contribution is 2.26. The van der Waals surface area contributed by atoms with E-state index in [0.717, 1.165) is 18.6 Å². The Balaban J connectivity index is 2.06. The SMILES string of the molecule is CC(C)NC(C#N)(CCOC1CCOC1)c1ccccc1. The van der Waals surface area contributed by atoms with Crippen LogP contribution in [0.5, 0.6) is 0 Å². The normalized spacial score (nSPS) is 21.1. The molecule has 2 rings (SSSR count). The summed E-state index contributed by atoms with van der Waals surface area (Å²) in [6.45, 7) is 6.11. The first kappa shape index (κ1) is 16.0. The van der Waals surface area contributed by atoms with Crippen molar-refractivity contribution in [2.75, 3.05) is 19.8 Å². The van der Waals surface area contributed by atoms with E-state index in [1.807, 2.05) is 30.3 Å². The summed E-state index contributed by atoms with van der Waals surface area (Å²) in [4.78, 5) is 0. The van der Waals surface area contributed by atoms with Gasteiger partial charge in [0.25, 0.3) is 0 Å². The van der Waals surface area contributed by atoms with Gasteiger partial charge in [0.2, 0.25) is 0 Å². The third-order valence-electron chi connectivity index (χ3n) is 3.71. The first-order valence-corrected chi connectivity index (χ1v) is 7.60. The summed E-state index contributed by atoms with van der Waals surface area (Å²) < 4.78 is 11.2. The van der Waals surface area contributed by atoms with Crippen molar-refractivity contribution >= 4 is 0 Å². The number of benzene rings is 1. The Bertz CT molecular complexity index is 463. The molecule has 114 valence electrons. The minimum Gasteiger partial charge on any atom is -0.379 e. The van der Waals surface area contributed by atoms with Gasteiger partial charge in [-0.3, -0.25) is 5.32 Å². The molecule has 1 aliphatic rings. The zero-order valence-electron chi connectivity index (χ0n) is 12.8. The largest absolute Gasteiger partial charge is 0.379 e. The Morgan fingerprint density at radius 1 is 1.43 bits per heavy atom. The number of rotatable bonds is 7. The van der Waals surface area contributed by atoms with Gasteiger partial charge < -0.3 is 9.47 Å². The van der Waals surface area contributed by atoms with E-state index in [2.05, 4.69) is 25.2 Å². The summed E-state index contributed by atoms with van der Waals surface area (Å²) in [7, 11) is 0. The fourth-order valence-electron chi connectivity index (χ4n) is 2.69. The summed E-state index contributed by atoms with van der Waals surface area (Å²) in [6.07, 6.45) is 1.75. The molecule has 0 aromatic heterocycles. The van der Waals surface area contributed by atoms with Gasteiger partial charge in [-0.25, -0.2) is 0 Å². The number of nitrogens with one attached hydrogen (secondary N) is 1. The maximum atomic E-state index is 9.78. The van der Waals surface area contributed by atoms with Crippen molar-refractivity contribution in [1.29, 1.82) is 5.26 Å². The van der Waals surface area contributed by atoms with Crippen molar-refractivity contribution in [2.24, 2.45) is 0 Å². The van der Waals surface area contributed by atoms with E-state index in [0.29, 0.717) is 19.6 Å². The van der Waals surface area contributed by atoms with Gasteiger partial charge in [-0.15, -0.1) is 0 Å². The molecule has 1 heterocycles. The van der Waals surface area contributed by atoms with E-state index in [4.69, 9.17) is 9.47 Å². The van der Waals surface area contributed by atoms with Crippen molar-refractivity contribution in [3.63, 3.8) is 0 Å². The predicted molar refractivity (Wildman–Crippen MR) is 81.8 cm³/mol. The standard InChI is InChI=1S/C17H24N2O2/c1-14(2)19-17(13-18,15-6-4-3-5-7-15)9-11-21-16-8-10-20-12-16/h3-7,14,16,19H,8-12H2,1-2H3. The van der Waals surface area contributed by atoms with Crippen molar-refractivity contribution in [3.05, 3.63) is 35.9 Å². The smallest absolute Gasteiger partial charge is 0.134 e. The Morgan fingerprint density at radius 3 is 2.76 bits per heavy atom. The Morgan fingerprint density at radius 2 is 2.19 bits per heavy atom. The van der Waals surface area contributed by atoms with Crippen molar-refractivity contribution < 1.29 is 9.47 Å². The number of nitrogens with zero attached hydrogens (tertiary/aromatic N) is 1. The van der Waals surface area contributed by atoms with Gasteiger partial charge in [-0.1, -0.05) is 30.3 Å². The highest BCUT2D eigenvalue weighted by atomic mass is 16.5. The molecule has 1 aromatic carbocycles. The zero-order valence-corrected chi connectivity index (χ0v) is 12.8. The molecule has 0 bridgehead atoms. The second-order valence-corrected chi connectivity index (χ2v) is 5.79. The van der Waals surface area contributed by atoms with Crippen LogP contribution in [0.2, 0.25) is 0 Å². The molecule has 0 spiro atoms. The van der Waals surface area contributed by atoms with Gasteiger partial charge in [-0.05, 0) is 25.8 Å². The monoisotopic (exact) mass is 288 g/mol. The fraction of sp³-hybridized carbons (Fsp3) is 0.588. The number of ether oxygens (including phenoxy) is 2. The molecule has 4 heteroatoms. The van der Waals surface area contributed by atoms with E-state index in [-0.39, 0.29) is 12.1 Å². The second-order valence-electron chi connectivity index (χ2n) is 5.79. The van der Waals surface area contributed by atoms with E-state index < -0.39 is 5.54 Å². The van der Waals surface area contributed by atoms with Crippen LogP contribution >= 0.6 is 0 Å². The van der Waals surface area contributed by atoms with Gasteiger partial charge >= 0.3 is 0 Å². The highest BCUT2D eigenvalue weighted by Gasteiger charge is 2.33. The lowest BCUT2D eigenvalue weighted by Gasteiger charge is -2.31. The molecule has 1 aromatic rings. The molecule has 4 nitrogen and oxygen atoms in total. The summed E-state index contributed by atoms with van der Waals surface area (Å²) in [6, 6.07) is 12.6. The minimum atomic E-state index is -0.700. The van der Waals surface area contributed by atoms with E-state index >= 15 is 0 Å². The number of hydrogen-bond acceptors (Lipinski definition) is 4. The average Bonchev–Trinajstić information content (AvgIpc) is 3.00. The molecule has 0 amide bonds. The van der Waals surface area contributed by atoms with Crippen LogP contribution in [0.25, 0.3) is 0 Å². The molecule has 0 radical (unpaired) electrons. The lowest BCUT2D eigenvalue weighted by Crippen LogP contribution is -2.46. The van der Waals surface area contributed by atoms with Crippen LogP contribution < -0.4 is 5.32 Å². The maximum absolute atomic E-state index is 9.78. The second kappa shape index (κ2) is 7.56. The van der Waals surface area contributed by atoms with Gasteiger partial charge in [0.1, 0.15) is 5.54 Å². The summed E-state index contributed by atoms with van der Waals surface area (Å²) in [5, 5.41) is 13.2. The highest BCUT2D eigenvalue weighted by molar-refractivity contribution is 5.31. The lowest BCUT2D eigenvalue weighted by molar-refractivity contribution is 0.0330. The van der Waals surface area contributed by atoms with Gasteiger partial charge in [0.05, 0.1) is 25.4 Å². The quantitative estimate of drug-likeness (QED) is 0.838. The van der Waals surface area contributed by atoms with Gasteiger partial charge in [0, 0.05) is 19.1 Å². The molecule has 1 fully saturated rings. The van der Waals surface area contributed by atoms with Crippen LogP contribution in [0.3, 0.4) is 0 Å². The Hall–Kier alpha value is -1.41. The summed E-state index contributed by atoms with van der Waals surface area (Å²) in [5.74, 6) is 0. The van der Waals surface area contributed by atoms with E-state index in [1.54, 1.807) is 0 Å². The number of hydrogen-bond donors (Lipinski definition) is 1. The summed E-state index contributed by atoms with van der Waals surface area (Å²) in [5.41, 5.74) is 0.294. The molecule has 1 N–H and O–H groups in total. The van der Waals surface area contributed by atoms with Gasteiger partial charge in [-0.2, -0.15) is 5.26 Å². The summed E-state index contributed by atoms with van der Waals surface area (Å²) >= 11 is 0. The third kappa shape index (κ3) is 4.28. The van der Waals surface area contributed by atoms with Crippen molar-refractivity contribution in [1.82, 2.24) is 5.32 Å². The number of nitriles is 1. The third-order valence-corrected chi connectivity index (χ3v) is 3.71. The van der Waals surface area contributed by atoms with Crippen LogP contribution in [0.15, 0.2) is 30.3 Å². The molecule has 1 saturated heterocycles. The molecule has 0 aliphatic carbocycles. The van der Waals surface area contributed by atoms with Crippen molar-refractivity contribution in [3.8, 4) is 6.07 Å². The fourth-order valence-corrected chi connectivity index (χ4v) is 2.69. The first-order valence-electron chi connectivity index (χ1n) is 7.60. The van der Waals surface area contributed by atoms with E-state index in [1.165, 1.54) is 0 Å². The molecular weight excluding hydrogens is 264 g/mol. The molecule has 2 unspecified atom stereocenters. The van der Waals surface area contributed by atoms with E-state index in [9.17, 15) is 5.26 Å². The van der Waals surface area contributed by atoms with Crippen LogP contribution in [-0.2, 0) is 15.0 Å². The van der Waals surface area contributed by atoms with Crippen molar-refractivity contribution in [2.45, 2.75) is 44.4 Å². The molecule has 1 aliphatic heterocycles. The predicted octanol–water partition coefficient (Wildman–Crippen LogP) is 2.60. The first-order chi connectivity index (χ1) is 10.2. The van der Waals surface area contributed by atoms with Crippen LogP contribution in [-0.4, -0.2) is 32.0 Å². The Kier molecular flexibility index (Phi) is 5.75. The molecule has 2 atom stereocenters. The zero-order chi connectivity index (χ0) is 15.1. The van der Waals surface area contributed by atoms with Gasteiger partial charge in [0.15, 0.2) is 0 Å². The minimum absolute atomic E-state index is 0.177. The molecule has 0 saturated carbocycles. The lowest BCUT2D eigenvalue weighted by atomic mass is 9.87.